The highest BCUT2D eigenvalue weighted by Crippen LogP contribution is 2.32. The number of aryl methyl sites for hydroxylation is 1. The van der Waals surface area contributed by atoms with Gasteiger partial charge in [-0.3, -0.25) is 4.79 Å². The lowest BCUT2D eigenvalue weighted by Gasteiger charge is -2.00. The number of hydrogen-bond donors (Lipinski definition) is 1. The summed E-state index contributed by atoms with van der Waals surface area (Å²) < 4.78 is 1.16. The van der Waals surface area contributed by atoms with Crippen molar-refractivity contribution in [3.63, 3.8) is 0 Å². The van der Waals surface area contributed by atoms with Crippen molar-refractivity contribution < 1.29 is 9.90 Å². The van der Waals surface area contributed by atoms with E-state index in [0.717, 1.165) is 9.58 Å². The first-order chi connectivity index (χ1) is 7.09. The quantitative estimate of drug-likeness (QED) is 0.842. The molecule has 0 fully saturated rings. The molecule has 0 amide bonds. The van der Waals surface area contributed by atoms with E-state index in [9.17, 15) is 4.79 Å². The summed E-state index contributed by atoms with van der Waals surface area (Å²) in [5.41, 5.74) is 1.20. The predicted molar refractivity (Wildman–Crippen MR) is 62.6 cm³/mol. The van der Waals surface area contributed by atoms with Gasteiger partial charge in [0.1, 0.15) is 0 Å². The first-order valence-corrected chi connectivity index (χ1v) is 5.63. The average molecular weight is 220 g/mol. The zero-order valence-electron chi connectivity index (χ0n) is 8.65. The van der Waals surface area contributed by atoms with Crippen LogP contribution in [0.25, 0.3) is 10.1 Å². The maximum atomic E-state index is 10.9. The summed E-state index contributed by atoms with van der Waals surface area (Å²) in [6.07, 6.45) is 0. The van der Waals surface area contributed by atoms with Crippen molar-refractivity contribution in [2.75, 3.05) is 0 Å². The summed E-state index contributed by atoms with van der Waals surface area (Å²) in [4.78, 5) is 11.8. The Morgan fingerprint density at radius 3 is 2.80 bits per heavy atom. The summed E-state index contributed by atoms with van der Waals surface area (Å²) >= 11 is 1.57. The molecule has 0 radical (unpaired) electrons. The van der Waals surface area contributed by atoms with E-state index >= 15 is 0 Å². The van der Waals surface area contributed by atoms with Gasteiger partial charge >= 0.3 is 5.97 Å². The fourth-order valence-corrected chi connectivity index (χ4v) is 2.75. The van der Waals surface area contributed by atoms with E-state index < -0.39 is 11.9 Å². The second kappa shape index (κ2) is 3.66. The normalized spacial score (nSPS) is 12.9. The van der Waals surface area contributed by atoms with E-state index in [0.29, 0.717) is 0 Å². The molecule has 2 aromatic rings. The molecule has 1 unspecified atom stereocenters. The SMILES string of the molecule is Cc1cccc2sc(C(C)C(=O)O)cc12. The highest BCUT2D eigenvalue weighted by Gasteiger charge is 2.16. The minimum Gasteiger partial charge on any atom is -0.481 e. The molecule has 0 bridgehead atoms. The van der Waals surface area contributed by atoms with Gasteiger partial charge in [0.15, 0.2) is 0 Å². The molecule has 1 atom stereocenters. The van der Waals surface area contributed by atoms with Gasteiger partial charge in [-0.05, 0) is 36.9 Å². The van der Waals surface area contributed by atoms with Crippen LogP contribution in [0, 0.1) is 6.92 Å². The molecule has 3 heteroatoms. The van der Waals surface area contributed by atoms with Gasteiger partial charge in [0.05, 0.1) is 5.92 Å². The summed E-state index contributed by atoms with van der Waals surface area (Å²) in [6.45, 7) is 3.77. The number of thiophene rings is 1. The Labute approximate surface area is 92.2 Å². The third-order valence-electron chi connectivity index (χ3n) is 2.60. The number of carboxylic acids is 1. The van der Waals surface area contributed by atoms with E-state index in [2.05, 4.69) is 0 Å². The standard InChI is InChI=1S/C12H12O2S/c1-7-4-3-5-10-9(7)6-11(15-10)8(2)12(13)14/h3-6,8H,1-2H3,(H,13,14). The molecular weight excluding hydrogens is 208 g/mol. The van der Waals surface area contributed by atoms with Gasteiger partial charge < -0.3 is 5.11 Å². The number of aliphatic carboxylic acids is 1. The number of hydrogen-bond acceptors (Lipinski definition) is 2. The van der Waals surface area contributed by atoms with Gasteiger partial charge in [0, 0.05) is 9.58 Å². The Kier molecular flexibility index (Phi) is 2.49. The number of benzene rings is 1. The van der Waals surface area contributed by atoms with Crippen LogP contribution >= 0.6 is 11.3 Å². The Morgan fingerprint density at radius 2 is 2.20 bits per heavy atom. The summed E-state index contributed by atoms with van der Waals surface area (Å²) in [7, 11) is 0. The molecule has 78 valence electrons. The molecule has 1 N–H and O–H groups in total. The van der Waals surface area contributed by atoms with Crippen molar-refractivity contribution in [1.29, 1.82) is 0 Å². The maximum Gasteiger partial charge on any atom is 0.311 e. The summed E-state index contributed by atoms with van der Waals surface area (Å²) in [5, 5.41) is 10.1. The van der Waals surface area contributed by atoms with E-state index in [1.165, 1.54) is 10.9 Å². The molecule has 15 heavy (non-hydrogen) atoms. The van der Waals surface area contributed by atoms with Crippen LogP contribution in [-0.4, -0.2) is 11.1 Å². The van der Waals surface area contributed by atoms with Gasteiger partial charge in [0.25, 0.3) is 0 Å². The lowest BCUT2D eigenvalue weighted by Crippen LogP contribution is -2.05. The maximum absolute atomic E-state index is 10.9. The Hall–Kier alpha value is -1.35. The highest BCUT2D eigenvalue weighted by atomic mass is 32.1. The van der Waals surface area contributed by atoms with Crippen LogP contribution in [0.3, 0.4) is 0 Å². The lowest BCUT2D eigenvalue weighted by atomic mass is 10.1. The monoisotopic (exact) mass is 220 g/mol. The van der Waals surface area contributed by atoms with Gasteiger partial charge in [-0.25, -0.2) is 0 Å². The fourth-order valence-electron chi connectivity index (χ4n) is 1.56. The van der Waals surface area contributed by atoms with Crippen LogP contribution in [0.1, 0.15) is 23.3 Å². The number of carboxylic acid groups (broad SMARTS) is 1. The van der Waals surface area contributed by atoms with Crippen LogP contribution in [0.2, 0.25) is 0 Å². The van der Waals surface area contributed by atoms with Crippen LogP contribution in [0.15, 0.2) is 24.3 Å². The van der Waals surface area contributed by atoms with Crippen molar-refractivity contribution in [2.24, 2.45) is 0 Å². The molecular formula is C12H12O2S. The van der Waals surface area contributed by atoms with E-state index in [-0.39, 0.29) is 0 Å². The van der Waals surface area contributed by atoms with Crippen molar-refractivity contribution in [2.45, 2.75) is 19.8 Å². The number of carbonyl (C=O) groups is 1. The largest absolute Gasteiger partial charge is 0.481 e. The second-order valence-electron chi connectivity index (χ2n) is 3.70. The highest BCUT2D eigenvalue weighted by molar-refractivity contribution is 7.19. The average Bonchev–Trinajstić information content (AvgIpc) is 2.61. The molecule has 0 saturated heterocycles. The van der Waals surface area contributed by atoms with Gasteiger partial charge in [-0.15, -0.1) is 11.3 Å². The third kappa shape index (κ3) is 1.75. The Morgan fingerprint density at radius 1 is 1.47 bits per heavy atom. The van der Waals surface area contributed by atoms with Gasteiger partial charge in [0.2, 0.25) is 0 Å². The van der Waals surface area contributed by atoms with E-state index in [1.54, 1.807) is 18.3 Å². The van der Waals surface area contributed by atoms with Crippen molar-refractivity contribution in [3.05, 3.63) is 34.7 Å². The van der Waals surface area contributed by atoms with Crippen LogP contribution in [0.4, 0.5) is 0 Å². The second-order valence-corrected chi connectivity index (χ2v) is 4.81. The minimum absolute atomic E-state index is 0.415. The molecule has 1 heterocycles. The molecule has 1 aromatic heterocycles. The molecule has 0 aliphatic heterocycles. The Bertz CT molecular complexity index is 513. The summed E-state index contributed by atoms with van der Waals surface area (Å²) in [5.74, 6) is -1.18. The number of fused-ring (bicyclic) bond motifs is 1. The summed E-state index contributed by atoms with van der Waals surface area (Å²) in [6, 6.07) is 8.08. The molecule has 2 rings (SSSR count). The van der Waals surface area contributed by atoms with Crippen LogP contribution < -0.4 is 0 Å². The van der Waals surface area contributed by atoms with E-state index in [1.807, 2.05) is 31.2 Å². The van der Waals surface area contributed by atoms with Crippen molar-refractivity contribution >= 4 is 27.4 Å². The van der Waals surface area contributed by atoms with Gasteiger partial charge in [-0.1, -0.05) is 12.1 Å². The lowest BCUT2D eigenvalue weighted by molar-refractivity contribution is -0.138. The topological polar surface area (TPSA) is 37.3 Å². The molecule has 0 saturated carbocycles. The first kappa shape index (κ1) is 10.2. The van der Waals surface area contributed by atoms with Crippen LogP contribution in [0.5, 0.6) is 0 Å². The first-order valence-electron chi connectivity index (χ1n) is 4.81. The molecule has 0 spiro atoms. The zero-order valence-corrected chi connectivity index (χ0v) is 9.47. The number of rotatable bonds is 2. The Balaban J connectivity index is 2.56. The molecule has 2 nitrogen and oxygen atoms in total. The fraction of sp³-hybridized carbons (Fsp3) is 0.250. The van der Waals surface area contributed by atoms with Crippen molar-refractivity contribution in [1.82, 2.24) is 0 Å². The minimum atomic E-state index is -0.765. The third-order valence-corrected chi connectivity index (χ3v) is 3.88. The molecule has 0 aliphatic carbocycles. The van der Waals surface area contributed by atoms with Crippen molar-refractivity contribution in [3.8, 4) is 0 Å². The molecule has 1 aromatic carbocycles. The van der Waals surface area contributed by atoms with Gasteiger partial charge in [-0.2, -0.15) is 0 Å². The zero-order chi connectivity index (χ0) is 11.0. The van der Waals surface area contributed by atoms with E-state index in [4.69, 9.17) is 5.11 Å². The van der Waals surface area contributed by atoms with Crippen LogP contribution in [-0.2, 0) is 4.79 Å². The smallest absolute Gasteiger partial charge is 0.311 e. The predicted octanol–water partition coefficient (Wildman–Crippen LogP) is 3.40. The molecule has 0 aliphatic rings.